The first-order valence-corrected chi connectivity index (χ1v) is 10.1. The third-order valence-electron chi connectivity index (χ3n) is 5.45. The Labute approximate surface area is 156 Å². The second kappa shape index (κ2) is 7.24. The third-order valence-corrected chi connectivity index (χ3v) is 6.59. The zero-order valence-electron chi connectivity index (χ0n) is 14.7. The van der Waals surface area contributed by atoms with E-state index in [9.17, 15) is 13.2 Å². The molecule has 0 radical (unpaired) electrons. The molecule has 1 fully saturated rings. The number of hydrogen-bond donors (Lipinski definition) is 0. The van der Waals surface area contributed by atoms with Crippen molar-refractivity contribution < 1.29 is 13.2 Å². The summed E-state index contributed by atoms with van der Waals surface area (Å²) in [5.74, 6) is 0. The summed E-state index contributed by atoms with van der Waals surface area (Å²) < 4.78 is 38.8. The van der Waals surface area contributed by atoms with Gasteiger partial charge in [0.05, 0.1) is 5.56 Å². The predicted molar refractivity (Wildman–Crippen MR) is 99.9 cm³/mol. The maximum absolute atomic E-state index is 12.9. The van der Waals surface area contributed by atoms with E-state index in [4.69, 9.17) is 0 Å². The number of fused-ring (bicyclic) bond motifs is 1. The highest BCUT2D eigenvalue weighted by Crippen LogP contribution is 2.33. The van der Waals surface area contributed by atoms with Gasteiger partial charge in [-0.15, -0.1) is 11.3 Å². The minimum atomic E-state index is -4.28. The van der Waals surface area contributed by atoms with Gasteiger partial charge in [-0.1, -0.05) is 6.07 Å². The van der Waals surface area contributed by atoms with Crippen molar-refractivity contribution in [3.63, 3.8) is 0 Å². The summed E-state index contributed by atoms with van der Waals surface area (Å²) >= 11 is 1.90. The molecule has 1 saturated heterocycles. The third kappa shape index (κ3) is 3.76. The Morgan fingerprint density at radius 2 is 1.77 bits per heavy atom. The lowest BCUT2D eigenvalue weighted by molar-refractivity contribution is -0.137. The smallest absolute Gasteiger partial charge is 0.369 e. The molecule has 2 nitrogen and oxygen atoms in total. The van der Waals surface area contributed by atoms with Crippen molar-refractivity contribution in [1.29, 1.82) is 0 Å². The fourth-order valence-electron chi connectivity index (χ4n) is 3.98. The minimum absolute atomic E-state index is 0.567. The number of alkyl halides is 3. The molecule has 0 bridgehead atoms. The highest BCUT2D eigenvalue weighted by atomic mass is 32.1. The van der Waals surface area contributed by atoms with Crippen molar-refractivity contribution in [3.05, 3.63) is 51.2 Å². The first kappa shape index (κ1) is 17.9. The van der Waals surface area contributed by atoms with Crippen molar-refractivity contribution >= 4 is 17.0 Å². The van der Waals surface area contributed by atoms with Crippen LogP contribution in [0.1, 0.15) is 34.4 Å². The monoisotopic (exact) mass is 380 g/mol. The number of halogens is 3. The molecule has 2 aromatic rings. The average molecular weight is 380 g/mol. The second-order valence-electron chi connectivity index (χ2n) is 7.18. The van der Waals surface area contributed by atoms with Crippen molar-refractivity contribution in [3.8, 4) is 0 Å². The van der Waals surface area contributed by atoms with E-state index in [1.807, 2.05) is 11.3 Å². The number of aryl methyl sites for hydroxylation is 1. The lowest BCUT2D eigenvalue weighted by Gasteiger charge is -2.36. The fraction of sp³-hybridized carbons (Fsp3) is 0.500. The normalized spacial score (nSPS) is 18.8. The molecule has 0 amide bonds. The van der Waals surface area contributed by atoms with Gasteiger partial charge in [-0.25, -0.2) is 0 Å². The topological polar surface area (TPSA) is 6.48 Å². The summed E-state index contributed by atoms with van der Waals surface area (Å²) in [7, 11) is 0. The molecule has 2 aliphatic rings. The average Bonchev–Trinajstić information content (AvgIpc) is 3.05. The van der Waals surface area contributed by atoms with Crippen LogP contribution in [0.3, 0.4) is 0 Å². The lowest BCUT2D eigenvalue weighted by Crippen LogP contribution is -2.46. The van der Waals surface area contributed by atoms with Gasteiger partial charge in [0.2, 0.25) is 0 Å². The quantitative estimate of drug-likeness (QED) is 0.742. The zero-order valence-corrected chi connectivity index (χ0v) is 15.5. The minimum Gasteiger partial charge on any atom is -0.369 e. The summed E-state index contributed by atoms with van der Waals surface area (Å²) in [5.41, 5.74) is 3.15. The highest BCUT2D eigenvalue weighted by Gasteiger charge is 2.31. The number of hydrogen-bond acceptors (Lipinski definition) is 3. The Kier molecular flexibility index (Phi) is 4.97. The van der Waals surface area contributed by atoms with E-state index < -0.39 is 11.7 Å². The van der Waals surface area contributed by atoms with Gasteiger partial charge in [-0.05, 0) is 60.4 Å². The van der Waals surface area contributed by atoms with Gasteiger partial charge in [0.15, 0.2) is 0 Å². The van der Waals surface area contributed by atoms with Crippen molar-refractivity contribution in [1.82, 2.24) is 4.90 Å². The molecule has 0 unspecified atom stereocenters. The molecular weight excluding hydrogens is 357 g/mol. The van der Waals surface area contributed by atoms with Crippen LogP contribution in [0.5, 0.6) is 0 Å². The van der Waals surface area contributed by atoms with E-state index in [1.54, 1.807) is 16.5 Å². The molecule has 1 aliphatic carbocycles. The molecule has 0 spiro atoms. The van der Waals surface area contributed by atoms with Crippen LogP contribution >= 0.6 is 11.3 Å². The van der Waals surface area contributed by atoms with E-state index >= 15 is 0 Å². The first-order chi connectivity index (χ1) is 12.5. The lowest BCUT2D eigenvalue weighted by atomic mass is 9.95. The Balaban J connectivity index is 1.38. The number of benzene rings is 1. The SMILES string of the molecule is FC(F)(F)c1cccc(N2CCN(Cc3csc4c3CCCC4)CC2)c1. The maximum Gasteiger partial charge on any atom is 0.416 e. The zero-order chi connectivity index (χ0) is 18.1. The molecule has 1 aromatic carbocycles. The van der Waals surface area contributed by atoms with Crippen molar-refractivity contribution in [2.75, 3.05) is 31.1 Å². The number of nitrogens with zero attached hydrogens (tertiary/aromatic N) is 2. The Hall–Kier alpha value is -1.53. The number of anilines is 1. The van der Waals surface area contributed by atoms with Gasteiger partial charge in [-0.2, -0.15) is 13.2 Å². The van der Waals surface area contributed by atoms with Crippen LogP contribution in [0.25, 0.3) is 0 Å². The maximum atomic E-state index is 12.9. The van der Waals surface area contributed by atoms with Gasteiger partial charge >= 0.3 is 6.18 Å². The number of piperazine rings is 1. The van der Waals surface area contributed by atoms with Gasteiger partial charge in [0, 0.05) is 43.3 Å². The summed E-state index contributed by atoms with van der Waals surface area (Å²) in [4.78, 5) is 6.06. The molecular formula is C20H23F3N2S. The largest absolute Gasteiger partial charge is 0.416 e. The number of rotatable bonds is 3. The fourth-order valence-corrected chi connectivity index (χ4v) is 5.12. The molecule has 140 valence electrons. The van der Waals surface area contributed by atoms with Crippen LogP contribution in [-0.4, -0.2) is 31.1 Å². The molecule has 4 rings (SSSR count). The Morgan fingerprint density at radius 1 is 1.00 bits per heavy atom. The van der Waals surface area contributed by atoms with Crippen LogP contribution in [0.4, 0.5) is 18.9 Å². The molecule has 0 saturated carbocycles. The number of thiophene rings is 1. The van der Waals surface area contributed by atoms with Crippen LogP contribution < -0.4 is 4.90 Å². The van der Waals surface area contributed by atoms with E-state index in [-0.39, 0.29) is 0 Å². The van der Waals surface area contributed by atoms with E-state index in [1.165, 1.54) is 43.4 Å². The Morgan fingerprint density at radius 3 is 2.54 bits per heavy atom. The summed E-state index contributed by atoms with van der Waals surface area (Å²) in [6.07, 6.45) is 0.750. The first-order valence-electron chi connectivity index (χ1n) is 9.23. The molecule has 26 heavy (non-hydrogen) atoms. The summed E-state index contributed by atoms with van der Waals surface area (Å²) in [5, 5.41) is 2.31. The van der Waals surface area contributed by atoms with Crippen LogP contribution in [-0.2, 0) is 25.6 Å². The van der Waals surface area contributed by atoms with Crippen molar-refractivity contribution in [2.45, 2.75) is 38.4 Å². The standard InChI is InChI=1S/C20H23F3N2S/c21-20(22,23)16-4-3-5-17(12-16)25-10-8-24(9-11-25)13-15-14-26-19-7-2-1-6-18(15)19/h3-5,12,14H,1-2,6-11,13H2. The van der Waals surface area contributed by atoms with Gasteiger partial charge in [0.1, 0.15) is 0 Å². The molecule has 0 N–H and O–H groups in total. The highest BCUT2D eigenvalue weighted by molar-refractivity contribution is 7.10. The Bertz CT molecular complexity index is 761. The van der Waals surface area contributed by atoms with Crippen LogP contribution in [0.2, 0.25) is 0 Å². The summed E-state index contributed by atoms with van der Waals surface area (Å²) in [6.45, 7) is 4.30. The summed E-state index contributed by atoms with van der Waals surface area (Å²) in [6, 6.07) is 5.69. The molecule has 1 aromatic heterocycles. The van der Waals surface area contributed by atoms with E-state index in [2.05, 4.69) is 15.2 Å². The second-order valence-corrected chi connectivity index (χ2v) is 8.15. The molecule has 6 heteroatoms. The van der Waals surface area contributed by atoms with Crippen molar-refractivity contribution in [2.24, 2.45) is 0 Å². The van der Waals surface area contributed by atoms with Gasteiger partial charge < -0.3 is 4.90 Å². The van der Waals surface area contributed by atoms with Gasteiger partial charge in [0.25, 0.3) is 0 Å². The van der Waals surface area contributed by atoms with Gasteiger partial charge in [-0.3, -0.25) is 4.90 Å². The van der Waals surface area contributed by atoms with Crippen LogP contribution in [0, 0.1) is 0 Å². The molecule has 0 atom stereocenters. The van der Waals surface area contributed by atoms with Crippen LogP contribution in [0.15, 0.2) is 29.6 Å². The molecule has 2 heterocycles. The van der Waals surface area contributed by atoms with E-state index in [0.29, 0.717) is 5.69 Å². The van der Waals surface area contributed by atoms with E-state index in [0.717, 1.165) is 38.8 Å². The molecule has 1 aliphatic heterocycles. The predicted octanol–water partition coefficient (Wildman–Crippen LogP) is 4.97.